The van der Waals surface area contributed by atoms with Crippen LogP contribution in [0.15, 0.2) is 47.4 Å². The van der Waals surface area contributed by atoms with Crippen LogP contribution in [0.25, 0.3) is 11.5 Å². The Morgan fingerprint density at radius 2 is 1.78 bits per heavy atom. The van der Waals surface area contributed by atoms with Gasteiger partial charge in [0.15, 0.2) is 15.7 Å². The van der Waals surface area contributed by atoms with Gasteiger partial charge in [-0.2, -0.15) is 15.0 Å². The van der Waals surface area contributed by atoms with E-state index in [0.29, 0.717) is 40.6 Å². The fourth-order valence-electron chi connectivity index (χ4n) is 3.14. The summed E-state index contributed by atoms with van der Waals surface area (Å²) in [6, 6.07) is 12.0. The average Bonchev–Trinajstić information content (AvgIpc) is 3.57. The zero-order chi connectivity index (χ0) is 22.7. The first-order chi connectivity index (χ1) is 15.3. The number of sulfone groups is 1. The van der Waals surface area contributed by atoms with Gasteiger partial charge in [0, 0.05) is 11.7 Å². The van der Waals surface area contributed by atoms with E-state index >= 15 is 0 Å². The van der Waals surface area contributed by atoms with E-state index in [1.807, 2.05) is 13.8 Å². The monoisotopic (exact) mass is 472 g/mol. The number of hydrogen-bond acceptors (Lipinski definition) is 8. The molecule has 0 spiro atoms. The highest BCUT2D eigenvalue weighted by molar-refractivity contribution is 7.91. The van der Waals surface area contributed by atoms with E-state index in [1.165, 1.54) is 0 Å². The van der Waals surface area contributed by atoms with E-state index in [2.05, 4.69) is 30.6 Å². The van der Waals surface area contributed by atoms with Crippen molar-refractivity contribution in [2.24, 2.45) is 5.92 Å². The van der Waals surface area contributed by atoms with Crippen molar-refractivity contribution in [3.05, 3.63) is 47.6 Å². The summed E-state index contributed by atoms with van der Waals surface area (Å²) in [4.78, 5) is 17.9. The van der Waals surface area contributed by atoms with Gasteiger partial charge >= 0.3 is 0 Å². The van der Waals surface area contributed by atoms with E-state index in [0.717, 1.165) is 12.8 Å². The molecule has 0 unspecified atom stereocenters. The SMILES string of the molecule is CC(C)Nc1nc(Nc2cccc(S(=O)(=O)CCC3CC3)c2)nc(-c2cccc(Cl)n2)n1. The van der Waals surface area contributed by atoms with Gasteiger partial charge in [0.2, 0.25) is 11.9 Å². The molecule has 168 valence electrons. The van der Waals surface area contributed by atoms with Crippen LogP contribution in [0.4, 0.5) is 17.6 Å². The van der Waals surface area contributed by atoms with Gasteiger partial charge in [-0.25, -0.2) is 13.4 Å². The maximum absolute atomic E-state index is 12.7. The van der Waals surface area contributed by atoms with E-state index < -0.39 is 9.84 Å². The lowest BCUT2D eigenvalue weighted by molar-refractivity contribution is 0.590. The smallest absolute Gasteiger partial charge is 0.232 e. The highest BCUT2D eigenvalue weighted by Gasteiger charge is 2.25. The number of halogens is 1. The van der Waals surface area contributed by atoms with Crippen LogP contribution in [0.3, 0.4) is 0 Å². The molecule has 0 amide bonds. The number of rotatable bonds is 9. The Kier molecular flexibility index (Phi) is 6.57. The van der Waals surface area contributed by atoms with Crippen molar-refractivity contribution in [1.29, 1.82) is 0 Å². The Labute approximate surface area is 192 Å². The molecule has 1 aliphatic carbocycles. The number of pyridine rings is 1. The molecule has 10 heteroatoms. The minimum Gasteiger partial charge on any atom is -0.352 e. The molecular weight excluding hydrogens is 448 g/mol. The van der Waals surface area contributed by atoms with Crippen LogP contribution in [0.2, 0.25) is 5.15 Å². The van der Waals surface area contributed by atoms with E-state index in [4.69, 9.17) is 11.6 Å². The number of anilines is 3. The molecule has 2 N–H and O–H groups in total. The number of nitrogens with zero attached hydrogens (tertiary/aromatic N) is 4. The van der Waals surface area contributed by atoms with Gasteiger partial charge in [0.25, 0.3) is 0 Å². The largest absolute Gasteiger partial charge is 0.352 e. The van der Waals surface area contributed by atoms with Gasteiger partial charge in [-0.1, -0.05) is 36.6 Å². The topological polar surface area (TPSA) is 110 Å². The van der Waals surface area contributed by atoms with Gasteiger partial charge < -0.3 is 10.6 Å². The number of benzene rings is 1. The molecule has 2 heterocycles. The summed E-state index contributed by atoms with van der Waals surface area (Å²) >= 11 is 6.03. The zero-order valence-electron chi connectivity index (χ0n) is 17.9. The first-order valence-electron chi connectivity index (χ1n) is 10.5. The van der Waals surface area contributed by atoms with Crippen molar-refractivity contribution < 1.29 is 8.42 Å². The van der Waals surface area contributed by atoms with Gasteiger partial charge in [-0.3, -0.25) is 0 Å². The minimum atomic E-state index is -3.34. The Morgan fingerprint density at radius 3 is 2.50 bits per heavy atom. The van der Waals surface area contributed by atoms with Crippen molar-refractivity contribution in [1.82, 2.24) is 19.9 Å². The first kappa shape index (κ1) is 22.4. The highest BCUT2D eigenvalue weighted by atomic mass is 35.5. The van der Waals surface area contributed by atoms with Crippen molar-refractivity contribution >= 4 is 39.0 Å². The van der Waals surface area contributed by atoms with Crippen LogP contribution >= 0.6 is 11.6 Å². The van der Waals surface area contributed by atoms with Crippen LogP contribution in [-0.2, 0) is 9.84 Å². The Morgan fingerprint density at radius 1 is 1.03 bits per heavy atom. The Hall–Kier alpha value is -2.78. The summed E-state index contributed by atoms with van der Waals surface area (Å²) in [5.41, 5.74) is 1.08. The molecule has 1 fully saturated rings. The maximum Gasteiger partial charge on any atom is 0.232 e. The molecule has 0 radical (unpaired) electrons. The highest BCUT2D eigenvalue weighted by Crippen LogP contribution is 2.33. The van der Waals surface area contributed by atoms with Crippen molar-refractivity contribution in [3.63, 3.8) is 0 Å². The molecule has 32 heavy (non-hydrogen) atoms. The second-order valence-electron chi connectivity index (χ2n) is 8.15. The number of aromatic nitrogens is 4. The lowest BCUT2D eigenvalue weighted by Crippen LogP contribution is -2.14. The maximum atomic E-state index is 12.7. The van der Waals surface area contributed by atoms with E-state index in [9.17, 15) is 8.42 Å². The van der Waals surface area contributed by atoms with Crippen molar-refractivity contribution in [3.8, 4) is 11.5 Å². The summed E-state index contributed by atoms with van der Waals surface area (Å²) in [5, 5.41) is 6.60. The molecule has 8 nitrogen and oxygen atoms in total. The summed E-state index contributed by atoms with van der Waals surface area (Å²) in [7, 11) is -3.34. The van der Waals surface area contributed by atoms with Gasteiger partial charge in [0.05, 0.1) is 10.6 Å². The van der Waals surface area contributed by atoms with Crippen LogP contribution in [-0.4, -0.2) is 40.1 Å². The summed E-state index contributed by atoms with van der Waals surface area (Å²) in [5.74, 6) is 1.72. The lowest BCUT2D eigenvalue weighted by Gasteiger charge is -2.12. The van der Waals surface area contributed by atoms with Crippen LogP contribution in [0.1, 0.15) is 33.1 Å². The second-order valence-corrected chi connectivity index (χ2v) is 10.7. The van der Waals surface area contributed by atoms with Gasteiger partial charge in [-0.05, 0) is 56.5 Å². The third-order valence-electron chi connectivity index (χ3n) is 4.94. The fraction of sp³-hybridized carbons (Fsp3) is 0.364. The zero-order valence-corrected chi connectivity index (χ0v) is 19.5. The van der Waals surface area contributed by atoms with E-state index in [-0.39, 0.29) is 22.6 Å². The van der Waals surface area contributed by atoms with Crippen LogP contribution in [0, 0.1) is 5.92 Å². The summed E-state index contributed by atoms with van der Waals surface area (Å²) in [6.07, 6.45) is 2.98. The molecule has 1 aliphatic rings. The molecule has 4 rings (SSSR count). The number of hydrogen-bond donors (Lipinski definition) is 2. The predicted molar refractivity (Wildman–Crippen MR) is 126 cm³/mol. The lowest BCUT2D eigenvalue weighted by atomic mass is 10.3. The Balaban J connectivity index is 1.62. The first-order valence-corrected chi connectivity index (χ1v) is 12.6. The summed E-state index contributed by atoms with van der Waals surface area (Å²) in [6.45, 7) is 3.95. The fourth-order valence-corrected chi connectivity index (χ4v) is 4.78. The Bertz CT molecular complexity index is 1210. The average molecular weight is 473 g/mol. The quantitative estimate of drug-likeness (QED) is 0.430. The molecule has 1 saturated carbocycles. The molecule has 0 atom stereocenters. The number of nitrogens with one attached hydrogen (secondary N) is 2. The normalized spacial score (nSPS) is 13.9. The van der Waals surface area contributed by atoms with Gasteiger partial charge in [0.1, 0.15) is 10.8 Å². The third-order valence-corrected chi connectivity index (χ3v) is 6.89. The van der Waals surface area contributed by atoms with Crippen LogP contribution < -0.4 is 10.6 Å². The van der Waals surface area contributed by atoms with E-state index in [1.54, 1.807) is 42.5 Å². The minimum absolute atomic E-state index is 0.102. The van der Waals surface area contributed by atoms with Gasteiger partial charge in [-0.15, -0.1) is 0 Å². The molecule has 0 bridgehead atoms. The molecule has 0 aliphatic heterocycles. The summed E-state index contributed by atoms with van der Waals surface area (Å²) < 4.78 is 25.4. The standard InChI is InChI=1S/C22H25ClN6O2S/c1-14(2)24-21-27-20(18-7-4-8-19(23)26-18)28-22(29-21)25-16-5-3-6-17(13-16)32(30,31)12-11-15-9-10-15/h3-8,13-15H,9-12H2,1-2H3,(H2,24,25,27,28,29). The molecule has 3 aromatic rings. The molecule has 0 saturated heterocycles. The van der Waals surface area contributed by atoms with Crippen molar-refractivity contribution in [2.45, 2.75) is 44.0 Å². The second kappa shape index (κ2) is 9.38. The molecule has 2 aromatic heterocycles. The van der Waals surface area contributed by atoms with Crippen molar-refractivity contribution in [2.75, 3.05) is 16.4 Å². The van der Waals surface area contributed by atoms with Crippen LogP contribution in [0.5, 0.6) is 0 Å². The molecular formula is C22H25ClN6O2S. The third kappa shape index (κ3) is 5.92. The molecule has 1 aromatic carbocycles. The predicted octanol–water partition coefficient (Wildman–Crippen LogP) is 4.72.